The fourth-order valence-corrected chi connectivity index (χ4v) is 5.46. The molecule has 2 unspecified atom stereocenters. The van der Waals surface area contributed by atoms with Gasteiger partial charge < -0.3 is 10.0 Å². The number of piperidine rings is 1. The Hall–Kier alpha value is -1.49. The number of rotatable bonds is 4. The van der Waals surface area contributed by atoms with E-state index in [-0.39, 0.29) is 22.5 Å². The zero-order chi connectivity index (χ0) is 17.2. The van der Waals surface area contributed by atoms with Gasteiger partial charge in [0.05, 0.1) is 10.7 Å². The smallest absolute Gasteiger partial charge is 0.306 e. The van der Waals surface area contributed by atoms with E-state index >= 15 is 0 Å². The SMILES string of the molecule is CC1CN(C(=O)C2(Sc3ccccc3)CCCC2)CCC1C(=O)O. The van der Waals surface area contributed by atoms with Gasteiger partial charge in [-0.1, -0.05) is 38.0 Å². The van der Waals surface area contributed by atoms with Crippen LogP contribution in [0.15, 0.2) is 35.2 Å². The van der Waals surface area contributed by atoms with Gasteiger partial charge in [-0.05, 0) is 37.3 Å². The largest absolute Gasteiger partial charge is 0.481 e. The Morgan fingerprint density at radius 1 is 1.21 bits per heavy atom. The number of nitrogens with zero attached hydrogens (tertiary/aromatic N) is 1. The number of hydrogen-bond donors (Lipinski definition) is 1. The van der Waals surface area contributed by atoms with Crippen LogP contribution in [0.2, 0.25) is 0 Å². The summed E-state index contributed by atoms with van der Waals surface area (Å²) in [5.41, 5.74) is 0. The zero-order valence-corrected chi connectivity index (χ0v) is 14.9. The fraction of sp³-hybridized carbons (Fsp3) is 0.579. The van der Waals surface area contributed by atoms with Gasteiger partial charge in [-0.25, -0.2) is 0 Å². The number of amides is 1. The molecule has 1 amide bonds. The van der Waals surface area contributed by atoms with Crippen molar-refractivity contribution in [1.82, 2.24) is 4.90 Å². The number of carboxylic acid groups (broad SMARTS) is 1. The van der Waals surface area contributed by atoms with Crippen LogP contribution in [0, 0.1) is 11.8 Å². The minimum Gasteiger partial charge on any atom is -0.481 e. The van der Waals surface area contributed by atoms with Crippen molar-refractivity contribution in [2.24, 2.45) is 11.8 Å². The van der Waals surface area contributed by atoms with Crippen molar-refractivity contribution in [2.75, 3.05) is 13.1 Å². The highest BCUT2D eigenvalue weighted by Gasteiger charge is 2.46. The molecule has 1 saturated carbocycles. The van der Waals surface area contributed by atoms with Crippen molar-refractivity contribution in [3.63, 3.8) is 0 Å². The first-order valence-electron chi connectivity index (χ1n) is 8.78. The third kappa shape index (κ3) is 3.46. The van der Waals surface area contributed by atoms with Crippen molar-refractivity contribution in [3.8, 4) is 0 Å². The molecule has 4 nitrogen and oxygen atoms in total. The maximum absolute atomic E-state index is 13.3. The van der Waals surface area contributed by atoms with Gasteiger partial charge in [0.2, 0.25) is 5.91 Å². The van der Waals surface area contributed by atoms with E-state index in [0.29, 0.717) is 19.5 Å². The Kier molecular flexibility index (Phi) is 5.18. The standard InChI is InChI=1S/C19H25NO3S/c1-14-13-20(12-9-16(14)17(21)22)18(23)19(10-5-6-11-19)24-15-7-3-2-4-8-15/h2-4,7-8,14,16H,5-6,9-13H2,1H3,(H,21,22). The van der Waals surface area contributed by atoms with Crippen molar-refractivity contribution >= 4 is 23.6 Å². The number of benzene rings is 1. The van der Waals surface area contributed by atoms with Gasteiger partial charge in [0.15, 0.2) is 0 Å². The molecule has 2 atom stereocenters. The zero-order valence-electron chi connectivity index (χ0n) is 14.1. The molecule has 3 rings (SSSR count). The van der Waals surface area contributed by atoms with Crippen LogP contribution in [0.5, 0.6) is 0 Å². The predicted octanol–water partition coefficient (Wildman–Crippen LogP) is 3.66. The monoisotopic (exact) mass is 347 g/mol. The number of carbonyl (C=O) groups excluding carboxylic acids is 1. The second kappa shape index (κ2) is 7.18. The number of thioether (sulfide) groups is 1. The van der Waals surface area contributed by atoms with Gasteiger partial charge >= 0.3 is 5.97 Å². The van der Waals surface area contributed by atoms with E-state index in [1.807, 2.05) is 30.0 Å². The van der Waals surface area contributed by atoms with E-state index in [4.69, 9.17) is 0 Å². The molecule has 1 N–H and O–H groups in total. The Labute approximate surface area is 147 Å². The molecule has 1 heterocycles. The van der Waals surface area contributed by atoms with E-state index in [1.165, 1.54) is 0 Å². The number of hydrogen-bond acceptors (Lipinski definition) is 3. The first kappa shape index (κ1) is 17.3. The summed E-state index contributed by atoms with van der Waals surface area (Å²) in [6.45, 7) is 3.08. The van der Waals surface area contributed by atoms with Crippen LogP contribution in [0.1, 0.15) is 39.0 Å². The first-order valence-corrected chi connectivity index (χ1v) is 9.60. The van der Waals surface area contributed by atoms with Crippen LogP contribution >= 0.6 is 11.8 Å². The van der Waals surface area contributed by atoms with Crippen LogP contribution in [-0.2, 0) is 9.59 Å². The fourth-order valence-electron chi connectivity index (χ4n) is 4.00. The molecule has 0 bridgehead atoms. The van der Waals surface area contributed by atoms with Gasteiger partial charge in [0, 0.05) is 18.0 Å². The maximum atomic E-state index is 13.3. The van der Waals surface area contributed by atoms with Gasteiger partial charge in [0.1, 0.15) is 0 Å². The van der Waals surface area contributed by atoms with Crippen molar-refractivity contribution < 1.29 is 14.7 Å². The van der Waals surface area contributed by atoms with E-state index in [9.17, 15) is 14.7 Å². The summed E-state index contributed by atoms with van der Waals surface area (Å²) < 4.78 is -0.364. The summed E-state index contributed by atoms with van der Waals surface area (Å²) in [5, 5.41) is 9.28. The summed E-state index contributed by atoms with van der Waals surface area (Å²) in [7, 11) is 0. The minimum atomic E-state index is -0.733. The predicted molar refractivity (Wildman–Crippen MR) is 95.0 cm³/mol. The highest BCUT2D eigenvalue weighted by molar-refractivity contribution is 8.01. The van der Waals surface area contributed by atoms with Crippen LogP contribution in [0.25, 0.3) is 0 Å². The van der Waals surface area contributed by atoms with Crippen molar-refractivity contribution in [2.45, 2.75) is 48.7 Å². The second-order valence-electron chi connectivity index (χ2n) is 7.08. The molecule has 0 aromatic heterocycles. The molecule has 1 aromatic rings. The first-order chi connectivity index (χ1) is 11.5. The molecule has 24 heavy (non-hydrogen) atoms. The van der Waals surface area contributed by atoms with Crippen molar-refractivity contribution in [1.29, 1.82) is 0 Å². The molecule has 0 spiro atoms. The second-order valence-corrected chi connectivity index (χ2v) is 8.54. The lowest BCUT2D eigenvalue weighted by Crippen LogP contribution is -2.51. The molecule has 1 aliphatic heterocycles. The highest BCUT2D eigenvalue weighted by atomic mass is 32.2. The lowest BCUT2D eigenvalue weighted by Gasteiger charge is -2.40. The Morgan fingerprint density at radius 3 is 2.46 bits per heavy atom. The van der Waals surface area contributed by atoms with Gasteiger partial charge in [-0.15, -0.1) is 11.8 Å². The molecule has 130 valence electrons. The van der Waals surface area contributed by atoms with Gasteiger partial charge in [-0.3, -0.25) is 9.59 Å². The average Bonchev–Trinajstić information content (AvgIpc) is 3.04. The van der Waals surface area contributed by atoms with E-state index < -0.39 is 5.97 Å². The lowest BCUT2D eigenvalue weighted by molar-refractivity contribution is -0.149. The maximum Gasteiger partial charge on any atom is 0.306 e. The van der Waals surface area contributed by atoms with Crippen LogP contribution in [0.4, 0.5) is 0 Å². The Balaban J connectivity index is 1.75. The summed E-state index contributed by atoms with van der Waals surface area (Å²) in [6.07, 6.45) is 4.57. The van der Waals surface area contributed by atoms with Gasteiger partial charge in [-0.2, -0.15) is 0 Å². The Bertz CT molecular complexity index is 598. The minimum absolute atomic E-state index is 0.0142. The normalized spacial score (nSPS) is 26.3. The molecule has 2 aliphatic rings. The van der Waals surface area contributed by atoms with Crippen LogP contribution < -0.4 is 0 Å². The number of carbonyl (C=O) groups is 2. The highest BCUT2D eigenvalue weighted by Crippen LogP contribution is 2.47. The molecule has 1 aliphatic carbocycles. The lowest BCUT2D eigenvalue weighted by atomic mass is 9.86. The summed E-state index contributed by atoms with van der Waals surface area (Å²) in [6, 6.07) is 10.1. The van der Waals surface area contributed by atoms with Crippen molar-refractivity contribution in [3.05, 3.63) is 30.3 Å². The van der Waals surface area contributed by atoms with Crippen LogP contribution in [0.3, 0.4) is 0 Å². The van der Waals surface area contributed by atoms with Gasteiger partial charge in [0.25, 0.3) is 0 Å². The van der Waals surface area contributed by atoms with Crippen LogP contribution in [-0.4, -0.2) is 39.7 Å². The van der Waals surface area contributed by atoms with E-state index in [1.54, 1.807) is 11.8 Å². The Morgan fingerprint density at radius 2 is 1.88 bits per heavy atom. The molecule has 2 fully saturated rings. The number of likely N-dealkylation sites (tertiary alicyclic amines) is 1. The summed E-state index contributed by atoms with van der Waals surface area (Å²) in [5.74, 6) is -0.830. The molecule has 5 heteroatoms. The summed E-state index contributed by atoms with van der Waals surface area (Å²) >= 11 is 1.70. The number of aliphatic carboxylic acids is 1. The molecular formula is C19H25NO3S. The third-order valence-corrected chi connectivity index (χ3v) is 6.85. The molecule has 1 aromatic carbocycles. The quantitative estimate of drug-likeness (QED) is 0.903. The van der Waals surface area contributed by atoms with E-state index in [2.05, 4.69) is 12.1 Å². The topological polar surface area (TPSA) is 57.6 Å². The summed E-state index contributed by atoms with van der Waals surface area (Å²) in [4.78, 5) is 27.7. The molecule has 1 saturated heterocycles. The average molecular weight is 347 g/mol. The number of carboxylic acids is 1. The molecule has 0 radical (unpaired) electrons. The third-order valence-electron chi connectivity index (χ3n) is 5.37. The molecular weight excluding hydrogens is 322 g/mol. The van der Waals surface area contributed by atoms with E-state index in [0.717, 1.165) is 30.6 Å².